The van der Waals surface area contributed by atoms with Crippen LogP contribution in [-0.2, 0) is 11.3 Å². The van der Waals surface area contributed by atoms with Gasteiger partial charge in [-0.15, -0.1) is 0 Å². The van der Waals surface area contributed by atoms with Crippen molar-refractivity contribution in [3.63, 3.8) is 0 Å². The van der Waals surface area contributed by atoms with E-state index in [1.54, 1.807) is 49.4 Å². The van der Waals surface area contributed by atoms with E-state index in [9.17, 15) is 4.79 Å². The summed E-state index contributed by atoms with van der Waals surface area (Å²) in [6.45, 7) is 2.70. The Hall–Kier alpha value is -3.69. The van der Waals surface area contributed by atoms with Gasteiger partial charge in [0.2, 0.25) is 0 Å². The molecule has 0 saturated carbocycles. The Morgan fingerprint density at radius 1 is 1.00 bits per heavy atom. The maximum atomic E-state index is 13.0. The van der Waals surface area contributed by atoms with Crippen LogP contribution >= 0.6 is 11.6 Å². The zero-order chi connectivity index (χ0) is 24.4. The highest BCUT2D eigenvalue weighted by Crippen LogP contribution is 2.29. The van der Waals surface area contributed by atoms with E-state index < -0.39 is 0 Å². The fourth-order valence-electron chi connectivity index (χ4n) is 4.21. The van der Waals surface area contributed by atoms with Gasteiger partial charge >= 0.3 is 0 Å². The number of nitrogens with zero attached hydrogens (tertiary/aromatic N) is 6. The molecule has 3 heterocycles. The molecule has 0 bridgehead atoms. The van der Waals surface area contributed by atoms with Crippen LogP contribution < -0.4 is 9.64 Å². The van der Waals surface area contributed by atoms with Crippen molar-refractivity contribution in [2.45, 2.75) is 6.61 Å². The Labute approximate surface area is 207 Å². The second-order valence-electron chi connectivity index (χ2n) is 8.15. The molecule has 0 atom stereocenters. The van der Waals surface area contributed by atoms with Gasteiger partial charge in [-0.05, 0) is 36.4 Å². The van der Waals surface area contributed by atoms with Gasteiger partial charge in [0, 0.05) is 38.9 Å². The van der Waals surface area contributed by atoms with Crippen LogP contribution in [0.4, 0.5) is 5.82 Å². The van der Waals surface area contributed by atoms with Crippen molar-refractivity contribution in [3.8, 4) is 11.4 Å². The summed E-state index contributed by atoms with van der Waals surface area (Å²) in [6.07, 6.45) is 1.76. The SMILES string of the molecule is COCc1nc(N2CCN(C(=O)c3ccc(OC)cc3)CC2)c2cnn(-c3ccccc3Cl)c2n1. The minimum absolute atomic E-state index is 0.00625. The molecule has 10 heteroatoms. The monoisotopic (exact) mass is 492 g/mol. The number of aromatic nitrogens is 4. The third kappa shape index (κ3) is 4.52. The Bertz CT molecular complexity index is 1350. The normalized spacial score (nSPS) is 13.9. The predicted octanol–water partition coefficient (Wildman–Crippen LogP) is 3.59. The smallest absolute Gasteiger partial charge is 0.253 e. The fourth-order valence-corrected chi connectivity index (χ4v) is 4.42. The molecular weight excluding hydrogens is 468 g/mol. The van der Waals surface area contributed by atoms with Crippen molar-refractivity contribution in [2.24, 2.45) is 0 Å². The van der Waals surface area contributed by atoms with Crippen LogP contribution in [0.15, 0.2) is 54.7 Å². The molecule has 35 heavy (non-hydrogen) atoms. The number of hydrogen-bond donors (Lipinski definition) is 0. The number of amides is 1. The lowest BCUT2D eigenvalue weighted by Crippen LogP contribution is -2.49. The molecule has 0 unspecified atom stereocenters. The quantitative estimate of drug-likeness (QED) is 0.406. The third-order valence-corrected chi connectivity index (χ3v) is 6.33. The van der Waals surface area contributed by atoms with Gasteiger partial charge in [-0.25, -0.2) is 14.6 Å². The summed E-state index contributed by atoms with van der Waals surface area (Å²) < 4.78 is 12.2. The molecule has 4 aromatic rings. The number of anilines is 1. The third-order valence-electron chi connectivity index (χ3n) is 6.01. The number of halogens is 1. The van der Waals surface area contributed by atoms with Gasteiger partial charge in [-0.2, -0.15) is 5.10 Å². The second-order valence-corrected chi connectivity index (χ2v) is 8.56. The molecule has 1 fully saturated rings. The van der Waals surface area contributed by atoms with Gasteiger partial charge in [0.05, 0.1) is 29.4 Å². The van der Waals surface area contributed by atoms with Gasteiger partial charge in [-0.3, -0.25) is 4.79 Å². The van der Waals surface area contributed by atoms with Gasteiger partial charge in [0.25, 0.3) is 5.91 Å². The van der Waals surface area contributed by atoms with Crippen molar-refractivity contribution in [1.29, 1.82) is 0 Å². The predicted molar refractivity (Wildman–Crippen MR) is 133 cm³/mol. The summed E-state index contributed by atoms with van der Waals surface area (Å²) in [7, 11) is 3.22. The van der Waals surface area contributed by atoms with E-state index in [0.29, 0.717) is 48.2 Å². The van der Waals surface area contributed by atoms with Gasteiger partial charge in [0.1, 0.15) is 18.2 Å². The second kappa shape index (κ2) is 9.89. The van der Waals surface area contributed by atoms with E-state index in [1.165, 1.54) is 0 Å². The van der Waals surface area contributed by atoms with Crippen LogP contribution in [0.5, 0.6) is 5.75 Å². The molecule has 0 aliphatic carbocycles. The summed E-state index contributed by atoms with van der Waals surface area (Å²) in [5.41, 5.74) is 2.05. The lowest BCUT2D eigenvalue weighted by Gasteiger charge is -2.35. The number of hydrogen-bond acceptors (Lipinski definition) is 7. The van der Waals surface area contributed by atoms with Crippen LogP contribution in [0, 0.1) is 0 Å². The van der Waals surface area contributed by atoms with E-state index in [1.807, 2.05) is 29.2 Å². The lowest BCUT2D eigenvalue weighted by atomic mass is 10.1. The lowest BCUT2D eigenvalue weighted by molar-refractivity contribution is 0.0746. The number of ether oxygens (including phenoxy) is 2. The summed E-state index contributed by atoms with van der Waals surface area (Å²) >= 11 is 6.43. The molecule has 2 aromatic heterocycles. The molecular formula is C25H25ClN6O3. The van der Waals surface area contributed by atoms with Crippen LogP contribution in [0.1, 0.15) is 16.2 Å². The minimum Gasteiger partial charge on any atom is -0.497 e. The fraction of sp³-hybridized carbons (Fsp3) is 0.280. The van der Waals surface area contributed by atoms with E-state index in [2.05, 4.69) is 10.00 Å². The van der Waals surface area contributed by atoms with Gasteiger partial charge < -0.3 is 19.3 Å². The van der Waals surface area contributed by atoms with Crippen molar-refractivity contribution >= 4 is 34.4 Å². The first-order valence-electron chi connectivity index (χ1n) is 11.3. The molecule has 1 aliphatic rings. The average Bonchev–Trinajstić information content (AvgIpc) is 3.32. The molecule has 180 valence electrons. The molecule has 2 aromatic carbocycles. The van der Waals surface area contributed by atoms with Crippen LogP contribution in [0.25, 0.3) is 16.7 Å². The molecule has 1 amide bonds. The first-order chi connectivity index (χ1) is 17.1. The summed E-state index contributed by atoms with van der Waals surface area (Å²) in [4.78, 5) is 26.5. The highest BCUT2D eigenvalue weighted by molar-refractivity contribution is 6.32. The molecule has 5 rings (SSSR count). The molecule has 0 N–H and O–H groups in total. The highest BCUT2D eigenvalue weighted by Gasteiger charge is 2.26. The zero-order valence-corrected chi connectivity index (χ0v) is 20.3. The zero-order valence-electron chi connectivity index (χ0n) is 19.5. The standard InChI is InChI=1S/C25H25ClN6O3/c1-34-16-22-28-23(19-15-27-32(24(19)29-22)21-6-4-3-5-20(21)26)30-11-13-31(14-12-30)25(33)17-7-9-18(35-2)10-8-17/h3-10,15H,11-14,16H2,1-2H3. The highest BCUT2D eigenvalue weighted by atomic mass is 35.5. The Morgan fingerprint density at radius 2 is 1.74 bits per heavy atom. The summed E-state index contributed by atoms with van der Waals surface area (Å²) in [6, 6.07) is 14.7. The topological polar surface area (TPSA) is 85.6 Å². The molecule has 0 radical (unpaired) electrons. The van der Waals surface area contributed by atoms with Crippen molar-refractivity contribution in [1.82, 2.24) is 24.6 Å². The van der Waals surface area contributed by atoms with Crippen LogP contribution in [0.3, 0.4) is 0 Å². The first-order valence-corrected chi connectivity index (χ1v) is 11.6. The van der Waals surface area contributed by atoms with Gasteiger partial charge in [-0.1, -0.05) is 23.7 Å². The maximum Gasteiger partial charge on any atom is 0.253 e. The largest absolute Gasteiger partial charge is 0.497 e. The van der Waals surface area contributed by atoms with E-state index in [4.69, 9.17) is 31.0 Å². The average molecular weight is 493 g/mol. The van der Waals surface area contributed by atoms with E-state index >= 15 is 0 Å². The molecule has 1 saturated heterocycles. The van der Waals surface area contributed by atoms with Crippen molar-refractivity contribution < 1.29 is 14.3 Å². The number of methoxy groups -OCH3 is 2. The van der Waals surface area contributed by atoms with Crippen molar-refractivity contribution in [2.75, 3.05) is 45.3 Å². The van der Waals surface area contributed by atoms with Crippen LogP contribution in [0.2, 0.25) is 5.02 Å². The number of piperazine rings is 1. The van der Waals surface area contributed by atoms with Crippen molar-refractivity contribution in [3.05, 3.63) is 71.1 Å². The number of carbonyl (C=O) groups excluding carboxylic acids is 1. The summed E-state index contributed by atoms with van der Waals surface area (Å²) in [5.74, 6) is 2.06. The Balaban J connectivity index is 1.42. The molecule has 9 nitrogen and oxygen atoms in total. The number of fused-ring (bicyclic) bond motifs is 1. The molecule has 1 aliphatic heterocycles. The molecule has 0 spiro atoms. The Morgan fingerprint density at radius 3 is 2.43 bits per heavy atom. The first kappa shape index (κ1) is 23.1. The minimum atomic E-state index is 0.00625. The number of para-hydroxylation sites is 1. The van der Waals surface area contributed by atoms with Crippen LogP contribution in [-0.4, -0.2) is 71.0 Å². The maximum absolute atomic E-state index is 13.0. The van der Waals surface area contributed by atoms with E-state index in [-0.39, 0.29) is 12.5 Å². The Kier molecular flexibility index (Phi) is 6.52. The summed E-state index contributed by atoms with van der Waals surface area (Å²) in [5, 5.41) is 5.97. The number of benzene rings is 2. The number of rotatable bonds is 6. The van der Waals surface area contributed by atoms with E-state index in [0.717, 1.165) is 22.6 Å². The van der Waals surface area contributed by atoms with Gasteiger partial charge in [0.15, 0.2) is 11.5 Å². The number of carbonyl (C=O) groups is 1.